The van der Waals surface area contributed by atoms with Gasteiger partial charge in [-0.15, -0.1) is 0 Å². The Morgan fingerprint density at radius 3 is 2.20 bits per heavy atom. The van der Waals surface area contributed by atoms with Crippen LogP contribution in [0, 0.1) is 11.3 Å². The number of benzene rings is 1. The van der Waals surface area contributed by atoms with E-state index < -0.39 is 11.9 Å². The largest absolute Gasteiger partial charge is 0.481 e. The third-order valence-electron chi connectivity index (χ3n) is 3.05. The summed E-state index contributed by atoms with van der Waals surface area (Å²) in [7, 11) is 0. The zero-order valence-corrected chi connectivity index (χ0v) is 12.3. The molecule has 0 aliphatic carbocycles. The van der Waals surface area contributed by atoms with Gasteiger partial charge in [0.15, 0.2) is 0 Å². The minimum atomic E-state index is -1.05. The summed E-state index contributed by atoms with van der Waals surface area (Å²) in [6.45, 7) is 9.47. The second-order valence-corrected chi connectivity index (χ2v) is 6.24. The fourth-order valence-corrected chi connectivity index (χ4v) is 2.01. The van der Waals surface area contributed by atoms with Crippen molar-refractivity contribution < 1.29 is 14.7 Å². The van der Waals surface area contributed by atoms with E-state index >= 15 is 0 Å². The number of carboxylic acids is 1. The number of ketones is 1. The van der Waals surface area contributed by atoms with Gasteiger partial charge in [-0.2, -0.15) is 0 Å². The van der Waals surface area contributed by atoms with E-state index in [1.807, 2.05) is 45.0 Å². The van der Waals surface area contributed by atoms with Crippen LogP contribution in [0.1, 0.15) is 38.3 Å². The summed E-state index contributed by atoms with van der Waals surface area (Å²) in [5.41, 5.74) is 1.63. The highest BCUT2D eigenvalue weighted by molar-refractivity contribution is 5.98. The second-order valence-electron chi connectivity index (χ2n) is 6.24. The van der Waals surface area contributed by atoms with Crippen molar-refractivity contribution in [1.29, 1.82) is 0 Å². The minimum absolute atomic E-state index is 0.197. The zero-order chi connectivity index (χ0) is 15.3. The minimum Gasteiger partial charge on any atom is -0.481 e. The molecule has 108 valence electrons. The maximum Gasteiger partial charge on any atom is 0.314 e. The SMILES string of the molecule is C=Cc1ccc(CC(C(=O)O)C(=O)CC(C)(C)C)cc1. The molecule has 1 N–H and O–H groups in total. The average molecular weight is 274 g/mol. The molecule has 0 aliphatic rings. The van der Waals surface area contributed by atoms with Crippen LogP contribution in [0.2, 0.25) is 0 Å². The lowest BCUT2D eigenvalue weighted by molar-refractivity contribution is -0.146. The molecule has 0 aliphatic heterocycles. The quantitative estimate of drug-likeness (QED) is 0.807. The maximum absolute atomic E-state index is 12.1. The van der Waals surface area contributed by atoms with Crippen LogP contribution in [0.15, 0.2) is 30.8 Å². The van der Waals surface area contributed by atoms with Gasteiger partial charge in [0.05, 0.1) is 0 Å². The molecule has 20 heavy (non-hydrogen) atoms. The van der Waals surface area contributed by atoms with Gasteiger partial charge in [-0.1, -0.05) is 57.7 Å². The highest BCUT2D eigenvalue weighted by Crippen LogP contribution is 2.23. The molecule has 0 spiro atoms. The molecule has 0 saturated carbocycles. The van der Waals surface area contributed by atoms with Crippen molar-refractivity contribution in [3.8, 4) is 0 Å². The average Bonchev–Trinajstić information content (AvgIpc) is 2.34. The highest BCUT2D eigenvalue weighted by Gasteiger charge is 2.29. The summed E-state index contributed by atoms with van der Waals surface area (Å²) in [4.78, 5) is 23.4. The van der Waals surface area contributed by atoms with Crippen molar-refractivity contribution in [3.05, 3.63) is 42.0 Å². The first-order chi connectivity index (χ1) is 9.23. The first-order valence-corrected chi connectivity index (χ1v) is 6.70. The Kier molecular flexibility index (Phi) is 5.26. The van der Waals surface area contributed by atoms with Crippen LogP contribution >= 0.6 is 0 Å². The second kappa shape index (κ2) is 6.51. The van der Waals surface area contributed by atoms with Crippen LogP contribution in [0.25, 0.3) is 6.08 Å². The molecule has 3 heteroatoms. The lowest BCUT2D eigenvalue weighted by atomic mass is 9.83. The van der Waals surface area contributed by atoms with Crippen LogP contribution < -0.4 is 0 Å². The Labute approximate surface area is 120 Å². The molecule has 0 fully saturated rings. The van der Waals surface area contributed by atoms with Crippen LogP contribution in [0.3, 0.4) is 0 Å². The van der Waals surface area contributed by atoms with Gasteiger partial charge in [-0.3, -0.25) is 9.59 Å². The molecule has 0 radical (unpaired) electrons. The van der Waals surface area contributed by atoms with Gasteiger partial charge >= 0.3 is 5.97 Å². The fraction of sp³-hybridized carbons (Fsp3) is 0.412. The van der Waals surface area contributed by atoms with Crippen LogP contribution in [0.5, 0.6) is 0 Å². The van der Waals surface area contributed by atoms with E-state index in [9.17, 15) is 14.7 Å². The molecular formula is C17H22O3. The molecule has 0 amide bonds. The van der Waals surface area contributed by atoms with Gasteiger partial charge in [0, 0.05) is 6.42 Å². The van der Waals surface area contributed by atoms with Gasteiger partial charge in [0.25, 0.3) is 0 Å². The molecule has 1 aromatic rings. The molecule has 0 aromatic heterocycles. The Morgan fingerprint density at radius 2 is 1.80 bits per heavy atom. The molecule has 1 unspecified atom stereocenters. The monoisotopic (exact) mass is 274 g/mol. The predicted octanol–water partition coefficient (Wildman–Crippen LogP) is 3.58. The molecule has 1 rings (SSSR count). The summed E-state index contributed by atoms with van der Waals surface area (Å²) in [6.07, 6.45) is 2.24. The number of aliphatic carboxylic acids is 1. The Balaban J connectivity index is 2.83. The number of carboxylic acid groups (broad SMARTS) is 1. The first kappa shape index (κ1) is 16.2. The van der Waals surface area contributed by atoms with Crippen LogP contribution in [0.4, 0.5) is 0 Å². The summed E-state index contributed by atoms with van der Waals surface area (Å²) >= 11 is 0. The number of hydrogen-bond acceptors (Lipinski definition) is 2. The number of hydrogen-bond donors (Lipinski definition) is 1. The van der Waals surface area contributed by atoms with Crippen molar-refractivity contribution in [2.24, 2.45) is 11.3 Å². The van der Waals surface area contributed by atoms with E-state index in [1.165, 1.54) is 0 Å². The van der Waals surface area contributed by atoms with E-state index in [4.69, 9.17) is 0 Å². The highest BCUT2D eigenvalue weighted by atomic mass is 16.4. The molecule has 1 aromatic carbocycles. The van der Waals surface area contributed by atoms with E-state index in [0.29, 0.717) is 0 Å². The van der Waals surface area contributed by atoms with E-state index in [2.05, 4.69) is 6.58 Å². The predicted molar refractivity (Wildman–Crippen MR) is 80.4 cm³/mol. The summed E-state index contributed by atoms with van der Waals surface area (Å²) in [5, 5.41) is 9.27. The lowest BCUT2D eigenvalue weighted by Gasteiger charge is -2.20. The van der Waals surface area contributed by atoms with Crippen molar-refractivity contribution in [2.45, 2.75) is 33.6 Å². The van der Waals surface area contributed by atoms with Gasteiger partial charge < -0.3 is 5.11 Å². The van der Waals surface area contributed by atoms with Gasteiger partial charge in [-0.25, -0.2) is 0 Å². The molecular weight excluding hydrogens is 252 g/mol. The number of Topliss-reactive ketones (excluding diaryl/α,β-unsaturated/α-hetero) is 1. The van der Waals surface area contributed by atoms with Gasteiger partial charge in [0.2, 0.25) is 0 Å². The topological polar surface area (TPSA) is 54.4 Å². The third kappa shape index (κ3) is 5.00. The summed E-state index contributed by atoms with van der Waals surface area (Å²) < 4.78 is 0. The standard InChI is InChI=1S/C17H22O3/c1-5-12-6-8-13(9-7-12)10-14(16(19)20)15(18)11-17(2,3)4/h5-9,14H,1,10-11H2,2-4H3,(H,19,20). The van der Waals surface area contributed by atoms with E-state index in [-0.39, 0.29) is 24.0 Å². The van der Waals surface area contributed by atoms with Crippen LogP contribution in [-0.2, 0) is 16.0 Å². The first-order valence-electron chi connectivity index (χ1n) is 6.70. The van der Waals surface area contributed by atoms with Gasteiger partial charge in [-0.05, 0) is 23.0 Å². The molecule has 0 saturated heterocycles. The van der Waals surface area contributed by atoms with Crippen molar-refractivity contribution in [1.82, 2.24) is 0 Å². The smallest absolute Gasteiger partial charge is 0.314 e. The fourth-order valence-electron chi connectivity index (χ4n) is 2.01. The maximum atomic E-state index is 12.1. The third-order valence-corrected chi connectivity index (χ3v) is 3.05. The van der Waals surface area contributed by atoms with Crippen molar-refractivity contribution >= 4 is 17.8 Å². The normalized spacial score (nSPS) is 12.8. The van der Waals surface area contributed by atoms with E-state index in [0.717, 1.165) is 11.1 Å². The molecule has 3 nitrogen and oxygen atoms in total. The summed E-state index contributed by atoms with van der Waals surface area (Å²) in [6, 6.07) is 7.43. The zero-order valence-electron chi connectivity index (χ0n) is 12.3. The molecule has 1 atom stereocenters. The number of carbonyl (C=O) groups excluding carboxylic acids is 1. The Hall–Kier alpha value is -1.90. The lowest BCUT2D eigenvalue weighted by Crippen LogP contribution is -2.29. The van der Waals surface area contributed by atoms with Crippen molar-refractivity contribution in [2.75, 3.05) is 0 Å². The Morgan fingerprint density at radius 1 is 1.25 bits per heavy atom. The van der Waals surface area contributed by atoms with Gasteiger partial charge in [0.1, 0.15) is 11.7 Å². The van der Waals surface area contributed by atoms with Crippen LogP contribution in [-0.4, -0.2) is 16.9 Å². The number of carbonyl (C=O) groups is 2. The van der Waals surface area contributed by atoms with E-state index in [1.54, 1.807) is 6.08 Å². The molecule has 0 heterocycles. The molecule has 0 bridgehead atoms. The van der Waals surface area contributed by atoms with Crippen molar-refractivity contribution in [3.63, 3.8) is 0 Å². The Bertz CT molecular complexity index is 492. The summed E-state index contributed by atoms with van der Waals surface area (Å²) in [5.74, 6) is -2.23. The number of rotatable bonds is 6.